The van der Waals surface area contributed by atoms with Crippen LogP contribution in [0.15, 0.2) is 18.2 Å². The lowest BCUT2D eigenvalue weighted by atomic mass is 9.79. The molecule has 0 amide bonds. The summed E-state index contributed by atoms with van der Waals surface area (Å²) in [6.07, 6.45) is -4.40. The van der Waals surface area contributed by atoms with Crippen molar-refractivity contribution in [2.45, 2.75) is 33.0 Å². The highest BCUT2D eigenvalue weighted by molar-refractivity contribution is 6.31. The minimum absolute atomic E-state index is 0.188. The van der Waals surface area contributed by atoms with Gasteiger partial charge in [0.2, 0.25) is 0 Å². The monoisotopic (exact) mass is 334 g/mol. The number of nitrogens with one attached hydrogen (secondary N) is 1. The molecule has 1 aromatic carbocycles. The van der Waals surface area contributed by atoms with E-state index in [2.05, 4.69) is 10.2 Å². The molecule has 1 aliphatic rings. The van der Waals surface area contributed by atoms with Gasteiger partial charge in [0.05, 0.1) is 5.56 Å². The molecule has 0 bridgehead atoms. The molecular weight excluding hydrogens is 313 g/mol. The Morgan fingerprint density at radius 1 is 1.14 bits per heavy atom. The fraction of sp³-hybridized carbons (Fsp3) is 0.625. The standard InChI is InChI=1S/C16H22ClF3N2/c1-15(2,3)14(22-9-7-21-8-10-22)13-11(16(18,19)20)5-4-6-12(13)17/h4-6,14,21H,7-10H2,1-3H3/t14-/m0/s1. The van der Waals surface area contributed by atoms with Crippen molar-refractivity contribution in [3.8, 4) is 0 Å². The van der Waals surface area contributed by atoms with Crippen LogP contribution < -0.4 is 5.32 Å². The Labute approximate surface area is 134 Å². The van der Waals surface area contributed by atoms with Gasteiger partial charge >= 0.3 is 6.18 Å². The molecule has 0 spiro atoms. The van der Waals surface area contributed by atoms with Crippen molar-refractivity contribution >= 4 is 11.6 Å². The van der Waals surface area contributed by atoms with Crippen LogP contribution in [-0.4, -0.2) is 31.1 Å². The van der Waals surface area contributed by atoms with Gasteiger partial charge in [-0.15, -0.1) is 0 Å². The molecule has 0 aliphatic carbocycles. The first-order valence-corrected chi connectivity index (χ1v) is 7.80. The van der Waals surface area contributed by atoms with Crippen LogP contribution in [0.2, 0.25) is 5.02 Å². The topological polar surface area (TPSA) is 15.3 Å². The van der Waals surface area contributed by atoms with Crippen LogP contribution in [-0.2, 0) is 6.18 Å². The smallest absolute Gasteiger partial charge is 0.314 e. The maximum Gasteiger partial charge on any atom is 0.416 e. The lowest BCUT2D eigenvalue weighted by Gasteiger charge is -2.43. The third-order valence-corrected chi connectivity index (χ3v) is 4.30. The minimum atomic E-state index is -4.40. The van der Waals surface area contributed by atoms with Crippen LogP contribution in [0.25, 0.3) is 0 Å². The molecule has 0 unspecified atom stereocenters. The van der Waals surface area contributed by atoms with Crippen molar-refractivity contribution in [3.05, 3.63) is 34.3 Å². The molecule has 124 valence electrons. The van der Waals surface area contributed by atoms with E-state index < -0.39 is 11.7 Å². The molecule has 2 rings (SSSR count). The van der Waals surface area contributed by atoms with Crippen molar-refractivity contribution in [1.82, 2.24) is 10.2 Å². The molecule has 22 heavy (non-hydrogen) atoms. The molecule has 2 nitrogen and oxygen atoms in total. The van der Waals surface area contributed by atoms with E-state index in [1.807, 2.05) is 20.8 Å². The highest BCUT2D eigenvalue weighted by Crippen LogP contribution is 2.46. The van der Waals surface area contributed by atoms with Gasteiger partial charge in [-0.3, -0.25) is 4.90 Å². The van der Waals surface area contributed by atoms with Gasteiger partial charge in [-0.05, 0) is 17.5 Å². The summed E-state index contributed by atoms with van der Waals surface area (Å²) in [5, 5.41) is 3.42. The summed E-state index contributed by atoms with van der Waals surface area (Å²) in [5.41, 5.74) is -0.785. The predicted molar refractivity (Wildman–Crippen MR) is 83.1 cm³/mol. The Morgan fingerprint density at radius 3 is 2.23 bits per heavy atom. The van der Waals surface area contributed by atoms with Gasteiger partial charge in [-0.25, -0.2) is 0 Å². The van der Waals surface area contributed by atoms with Gasteiger partial charge in [0, 0.05) is 42.8 Å². The number of hydrogen-bond donors (Lipinski definition) is 1. The van der Waals surface area contributed by atoms with E-state index in [-0.39, 0.29) is 22.0 Å². The van der Waals surface area contributed by atoms with Crippen molar-refractivity contribution in [2.24, 2.45) is 5.41 Å². The van der Waals surface area contributed by atoms with Crippen molar-refractivity contribution < 1.29 is 13.2 Å². The van der Waals surface area contributed by atoms with E-state index in [9.17, 15) is 13.2 Å². The van der Waals surface area contributed by atoms with Crippen molar-refractivity contribution in [1.29, 1.82) is 0 Å². The normalized spacial score (nSPS) is 19.2. The molecule has 1 aliphatic heterocycles. The largest absolute Gasteiger partial charge is 0.416 e. The maximum absolute atomic E-state index is 13.5. The van der Waals surface area contributed by atoms with Crippen LogP contribution in [0.3, 0.4) is 0 Å². The number of halogens is 4. The van der Waals surface area contributed by atoms with Gasteiger partial charge < -0.3 is 5.32 Å². The SMILES string of the molecule is CC(C)(C)[C@H](c1c(Cl)cccc1C(F)(F)F)N1CCNCC1. The molecule has 0 radical (unpaired) electrons. The molecule has 1 fully saturated rings. The average molecular weight is 335 g/mol. The van der Waals surface area contributed by atoms with Crippen molar-refractivity contribution in [3.63, 3.8) is 0 Å². The zero-order valence-electron chi connectivity index (χ0n) is 13.1. The van der Waals surface area contributed by atoms with Crippen LogP contribution in [0.1, 0.15) is 37.9 Å². The number of rotatable bonds is 2. The van der Waals surface area contributed by atoms with Crippen molar-refractivity contribution in [2.75, 3.05) is 26.2 Å². The molecule has 1 saturated heterocycles. The number of benzene rings is 1. The Kier molecular flexibility index (Phi) is 5.09. The number of piperazine rings is 1. The molecule has 0 aromatic heterocycles. The van der Waals surface area contributed by atoms with E-state index >= 15 is 0 Å². The minimum Gasteiger partial charge on any atom is -0.314 e. The Balaban J connectivity index is 2.57. The molecule has 1 atom stereocenters. The fourth-order valence-electron chi connectivity index (χ4n) is 3.17. The Morgan fingerprint density at radius 2 is 1.73 bits per heavy atom. The summed E-state index contributed by atoms with van der Waals surface area (Å²) in [7, 11) is 0. The summed E-state index contributed by atoms with van der Waals surface area (Å²) in [6, 6.07) is 3.67. The van der Waals surface area contributed by atoms with Crippen LogP contribution in [0.5, 0.6) is 0 Å². The third kappa shape index (κ3) is 3.76. The summed E-state index contributed by atoms with van der Waals surface area (Å²) in [6.45, 7) is 8.86. The fourth-order valence-corrected chi connectivity index (χ4v) is 3.44. The van der Waals surface area contributed by atoms with Crippen LogP contribution in [0, 0.1) is 5.41 Å². The zero-order valence-corrected chi connectivity index (χ0v) is 13.9. The maximum atomic E-state index is 13.5. The zero-order chi connectivity index (χ0) is 16.5. The quantitative estimate of drug-likeness (QED) is 0.865. The first-order valence-electron chi connectivity index (χ1n) is 7.43. The number of nitrogens with zero attached hydrogens (tertiary/aromatic N) is 1. The molecule has 1 aromatic rings. The van der Waals surface area contributed by atoms with Gasteiger partial charge in [0.1, 0.15) is 0 Å². The van der Waals surface area contributed by atoms with Gasteiger partial charge in [0.25, 0.3) is 0 Å². The Bertz CT molecular complexity index is 517. The van der Waals surface area contributed by atoms with Gasteiger partial charge in [-0.2, -0.15) is 13.2 Å². The molecule has 1 N–H and O–H groups in total. The van der Waals surface area contributed by atoms with E-state index in [0.29, 0.717) is 13.1 Å². The second kappa shape index (κ2) is 6.38. The number of alkyl halides is 3. The van der Waals surface area contributed by atoms with Crippen LogP contribution >= 0.6 is 11.6 Å². The van der Waals surface area contributed by atoms with E-state index in [4.69, 9.17) is 11.6 Å². The highest BCUT2D eigenvalue weighted by atomic mass is 35.5. The second-order valence-corrected chi connectivity index (χ2v) is 7.16. The average Bonchev–Trinajstić information content (AvgIpc) is 2.39. The summed E-state index contributed by atoms with van der Waals surface area (Å²) in [5.74, 6) is 0. The van der Waals surface area contributed by atoms with E-state index in [1.165, 1.54) is 6.07 Å². The van der Waals surface area contributed by atoms with E-state index in [0.717, 1.165) is 19.2 Å². The number of hydrogen-bond acceptors (Lipinski definition) is 2. The third-order valence-electron chi connectivity index (χ3n) is 3.97. The molecule has 6 heteroatoms. The van der Waals surface area contributed by atoms with Gasteiger partial charge in [0.15, 0.2) is 0 Å². The second-order valence-electron chi connectivity index (χ2n) is 6.75. The first-order chi connectivity index (χ1) is 10.1. The summed E-state index contributed by atoms with van der Waals surface area (Å²) < 4.78 is 40.4. The molecule has 1 heterocycles. The summed E-state index contributed by atoms with van der Waals surface area (Å²) >= 11 is 6.21. The lowest BCUT2D eigenvalue weighted by Crippen LogP contribution is -2.48. The van der Waals surface area contributed by atoms with Gasteiger partial charge in [-0.1, -0.05) is 38.4 Å². The molecular formula is C16H22ClF3N2. The van der Waals surface area contributed by atoms with E-state index in [1.54, 1.807) is 6.07 Å². The van der Waals surface area contributed by atoms with Crippen LogP contribution in [0.4, 0.5) is 13.2 Å². The predicted octanol–water partition coefficient (Wildman–Crippen LogP) is 4.35. The Hall–Kier alpha value is -0.780. The lowest BCUT2D eigenvalue weighted by molar-refractivity contribution is -0.139. The first kappa shape index (κ1) is 17.6. The molecule has 0 saturated carbocycles. The highest BCUT2D eigenvalue weighted by Gasteiger charge is 2.41. The summed E-state index contributed by atoms with van der Waals surface area (Å²) in [4.78, 5) is 2.10.